The molecular formula is C13H17NO. The highest BCUT2D eigenvalue weighted by Crippen LogP contribution is 2.36. The first kappa shape index (κ1) is 9.37. The summed E-state index contributed by atoms with van der Waals surface area (Å²) >= 11 is 0. The minimum atomic E-state index is 0.257. The van der Waals surface area contributed by atoms with E-state index in [1.54, 1.807) is 0 Å². The van der Waals surface area contributed by atoms with Crippen molar-refractivity contribution in [2.24, 2.45) is 0 Å². The molecule has 0 aromatic heterocycles. The molecule has 0 aliphatic carbocycles. The quantitative estimate of drug-likeness (QED) is 0.684. The second-order valence-corrected chi connectivity index (χ2v) is 4.77. The molecule has 2 fully saturated rings. The van der Waals surface area contributed by atoms with Gasteiger partial charge in [0.1, 0.15) is 5.60 Å². The molecule has 0 saturated carbocycles. The molecule has 2 saturated heterocycles. The van der Waals surface area contributed by atoms with Crippen molar-refractivity contribution >= 4 is 0 Å². The lowest BCUT2D eigenvalue weighted by Gasteiger charge is -2.30. The second kappa shape index (κ2) is 3.62. The summed E-state index contributed by atoms with van der Waals surface area (Å²) in [5.41, 5.74) is 1.67. The largest absolute Gasteiger partial charge is 0.368 e. The van der Waals surface area contributed by atoms with Gasteiger partial charge >= 0.3 is 0 Å². The smallest absolute Gasteiger partial charge is 0.104 e. The fourth-order valence-corrected chi connectivity index (χ4v) is 2.50. The van der Waals surface area contributed by atoms with E-state index in [1.165, 1.54) is 24.9 Å². The zero-order chi connectivity index (χ0) is 10.1. The number of ether oxygens (including phenoxy) is 1. The van der Waals surface area contributed by atoms with Gasteiger partial charge in [-0.3, -0.25) is 4.90 Å². The Morgan fingerprint density at radius 3 is 2.80 bits per heavy atom. The molecule has 0 N–H and O–H groups in total. The van der Waals surface area contributed by atoms with Crippen LogP contribution in [0.2, 0.25) is 0 Å². The van der Waals surface area contributed by atoms with Gasteiger partial charge in [0.15, 0.2) is 0 Å². The molecular weight excluding hydrogens is 186 g/mol. The molecule has 80 valence electrons. The standard InChI is InChI=1S/C13H17NO/c1-2-5-12(6-3-1)9-14-8-4-7-13(10-14)11-15-13/h1-3,5-6H,4,7-11H2/t13-/m1/s1. The van der Waals surface area contributed by atoms with Gasteiger partial charge in [0.05, 0.1) is 6.61 Å². The van der Waals surface area contributed by atoms with Crippen molar-refractivity contribution in [2.45, 2.75) is 25.0 Å². The van der Waals surface area contributed by atoms with Crippen LogP contribution in [0.5, 0.6) is 0 Å². The third kappa shape index (κ3) is 2.06. The van der Waals surface area contributed by atoms with Gasteiger partial charge in [0.2, 0.25) is 0 Å². The van der Waals surface area contributed by atoms with Crippen LogP contribution in [0, 0.1) is 0 Å². The van der Waals surface area contributed by atoms with E-state index in [0.29, 0.717) is 0 Å². The molecule has 2 heteroatoms. The molecule has 1 aromatic carbocycles. The molecule has 3 rings (SSSR count). The normalized spacial score (nSPS) is 30.7. The minimum Gasteiger partial charge on any atom is -0.368 e. The van der Waals surface area contributed by atoms with Crippen LogP contribution in [0.3, 0.4) is 0 Å². The Morgan fingerprint density at radius 1 is 1.27 bits per heavy atom. The predicted octanol–water partition coefficient (Wildman–Crippen LogP) is 2.05. The van der Waals surface area contributed by atoms with Crippen LogP contribution in [-0.4, -0.2) is 30.2 Å². The van der Waals surface area contributed by atoms with Crippen molar-refractivity contribution in [1.29, 1.82) is 0 Å². The van der Waals surface area contributed by atoms with Crippen molar-refractivity contribution in [1.82, 2.24) is 4.90 Å². The maximum absolute atomic E-state index is 5.56. The molecule has 2 nitrogen and oxygen atoms in total. The average Bonchev–Trinajstić information content (AvgIpc) is 2.99. The van der Waals surface area contributed by atoms with Crippen molar-refractivity contribution in [3.05, 3.63) is 35.9 Å². The molecule has 1 atom stereocenters. The number of hydrogen-bond donors (Lipinski definition) is 0. The number of hydrogen-bond acceptors (Lipinski definition) is 2. The molecule has 2 heterocycles. The highest BCUT2D eigenvalue weighted by atomic mass is 16.6. The highest BCUT2D eigenvalue weighted by Gasteiger charge is 2.47. The first-order valence-electron chi connectivity index (χ1n) is 5.77. The van der Waals surface area contributed by atoms with Crippen LogP contribution in [0.25, 0.3) is 0 Å². The van der Waals surface area contributed by atoms with E-state index in [1.807, 2.05) is 0 Å². The predicted molar refractivity (Wildman–Crippen MR) is 59.6 cm³/mol. The van der Waals surface area contributed by atoms with Gasteiger partial charge in [0.25, 0.3) is 0 Å². The van der Waals surface area contributed by atoms with E-state index >= 15 is 0 Å². The van der Waals surface area contributed by atoms with Crippen LogP contribution < -0.4 is 0 Å². The van der Waals surface area contributed by atoms with Gasteiger partial charge in [-0.15, -0.1) is 0 Å². The Bertz CT molecular complexity index is 332. The fraction of sp³-hybridized carbons (Fsp3) is 0.538. The summed E-state index contributed by atoms with van der Waals surface area (Å²) in [7, 11) is 0. The number of nitrogens with zero attached hydrogens (tertiary/aromatic N) is 1. The third-order valence-electron chi connectivity index (χ3n) is 3.42. The van der Waals surface area contributed by atoms with Crippen molar-refractivity contribution in [2.75, 3.05) is 19.7 Å². The summed E-state index contributed by atoms with van der Waals surface area (Å²) in [4.78, 5) is 2.52. The summed E-state index contributed by atoms with van der Waals surface area (Å²) in [5.74, 6) is 0. The maximum atomic E-state index is 5.56. The fourth-order valence-electron chi connectivity index (χ4n) is 2.50. The van der Waals surface area contributed by atoms with Crippen molar-refractivity contribution in [3.8, 4) is 0 Å². The number of rotatable bonds is 2. The summed E-state index contributed by atoms with van der Waals surface area (Å²) in [6.07, 6.45) is 2.55. The van der Waals surface area contributed by atoms with Gasteiger partial charge in [-0.2, -0.15) is 0 Å². The lowest BCUT2D eigenvalue weighted by molar-refractivity contribution is 0.129. The molecule has 15 heavy (non-hydrogen) atoms. The van der Waals surface area contributed by atoms with E-state index in [2.05, 4.69) is 35.2 Å². The second-order valence-electron chi connectivity index (χ2n) is 4.77. The van der Waals surface area contributed by atoms with Gasteiger partial charge in [-0.05, 0) is 24.9 Å². The summed E-state index contributed by atoms with van der Waals surface area (Å²) in [6.45, 7) is 4.41. The van der Waals surface area contributed by atoms with E-state index in [4.69, 9.17) is 4.74 Å². The van der Waals surface area contributed by atoms with Crippen LogP contribution in [0.1, 0.15) is 18.4 Å². The first-order valence-corrected chi connectivity index (χ1v) is 5.77. The number of piperidine rings is 1. The van der Waals surface area contributed by atoms with E-state index in [9.17, 15) is 0 Å². The average molecular weight is 203 g/mol. The van der Waals surface area contributed by atoms with E-state index in [-0.39, 0.29) is 5.60 Å². The molecule has 1 aromatic rings. The monoisotopic (exact) mass is 203 g/mol. The van der Waals surface area contributed by atoms with Crippen LogP contribution in [-0.2, 0) is 11.3 Å². The maximum Gasteiger partial charge on any atom is 0.104 e. The lowest BCUT2D eigenvalue weighted by atomic mass is 9.98. The Kier molecular flexibility index (Phi) is 2.26. The highest BCUT2D eigenvalue weighted by molar-refractivity contribution is 5.15. The van der Waals surface area contributed by atoms with Crippen LogP contribution in [0.15, 0.2) is 30.3 Å². The molecule has 2 aliphatic rings. The number of likely N-dealkylation sites (tertiary alicyclic amines) is 1. The summed E-state index contributed by atoms with van der Waals surface area (Å²) in [6, 6.07) is 10.7. The van der Waals surface area contributed by atoms with Gasteiger partial charge in [-0.25, -0.2) is 0 Å². The first-order chi connectivity index (χ1) is 7.36. The summed E-state index contributed by atoms with van der Waals surface area (Å²) < 4.78 is 5.56. The lowest BCUT2D eigenvalue weighted by Crippen LogP contribution is -2.40. The van der Waals surface area contributed by atoms with Crippen molar-refractivity contribution < 1.29 is 4.74 Å². The molecule has 0 bridgehead atoms. The molecule has 1 spiro atoms. The molecule has 0 unspecified atom stereocenters. The van der Waals surface area contributed by atoms with E-state index < -0.39 is 0 Å². The SMILES string of the molecule is c1ccc(CN2CCC[C@]3(CO3)C2)cc1. The minimum absolute atomic E-state index is 0.257. The Hall–Kier alpha value is -0.860. The third-order valence-corrected chi connectivity index (χ3v) is 3.42. The zero-order valence-corrected chi connectivity index (χ0v) is 8.98. The van der Waals surface area contributed by atoms with Gasteiger partial charge in [-0.1, -0.05) is 30.3 Å². The summed E-state index contributed by atoms with van der Waals surface area (Å²) in [5, 5.41) is 0. The number of benzene rings is 1. The molecule has 2 aliphatic heterocycles. The zero-order valence-electron chi connectivity index (χ0n) is 8.98. The number of epoxide rings is 1. The molecule has 0 amide bonds. The van der Waals surface area contributed by atoms with E-state index in [0.717, 1.165) is 19.7 Å². The molecule has 0 radical (unpaired) electrons. The Labute approximate surface area is 90.8 Å². The Balaban J connectivity index is 1.63. The van der Waals surface area contributed by atoms with Gasteiger partial charge in [0, 0.05) is 13.1 Å². The van der Waals surface area contributed by atoms with Gasteiger partial charge < -0.3 is 4.74 Å². The van der Waals surface area contributed by atoms with Crippen LogP contribution >= 0.6 is 0 Å². The topological polar surface area (TPSA) is 15.8 Å². The Morgan fingerprint density at radius 2 is 2.07 bits per heavy atom. The van der Waals surface area contributed by atoms with Crippen LogP contribution in [0.4, 0.5) is 0 Å². The van der Waals surface area contributed by atoms with Crippen molar-refractivity contribution in [3.63, 3.8) is 0 Å².